The number of nitrogens with one attached hydrogen (secondary N) is 1. The van der Waals surface area contributed by atoms with Gasteiger partial charge in [-0.1, -0.05) is 0 Å². The molecule has 1 aliphatic carbocycles. The van der Waals surface area contributed by atoms with Gasteiger partial charge in [-0.2, -0.15) is 0 Å². The molecule has 0 bridgehead atoms. The van der Waals surface area contributed by atoms with Gasteiger partial charge in [0.05, 0.1) is 0 Å². The largest absolute Gasteiger partial charge is 0.483 e. The Hall–Kier alpha value is 0.0169. The van der Waals surface area contributed by atoms with Crippen molar-refractivity contribution < 1.29 is 13.3 Å². The predicted octanol–water partition coefficient (Wildman–Crippen LogP) is -0.660. The summed E-state index contributed by atoms with van der Waals surface area (Å²) in [4.78, 5) is 0. The third kappa shape index (κ3) is 8.61. The van der Waals surface area contributed by atoms with Crippen LogP contribution in [0, 0.1) is 0 Å². The zero-order chi connectivity index (χ0) is 10.8. The van der Waals surface area contributed by atoms with Gasteiger partial charge in [-0.25, -0.2) is 0 Å². The highest BCUT2D eigenvalue weighted by molar-refractivity contribution is 6.36. The average molecular weight is 222 g/mol. The summed E-state index contributed by atoms with van der Waals surface area (Å²) in [5.74, 6) is 0. The maximum atomic E-state index is 5.24. The number of hydrogen-bond acceptors (Lipinski definition) is 5. The SMILES string of the molecule is CO[SiH](OC)OC.NCCNC1CC1. The van der Waals surface area contributed by atoms with Crippen molar-refractivity contribution in [2.75, 3.05) is 34.4 Å². The Bertz CT molecular complexity index is 116. The molecule has 0 aromatic rings. The molecule has 0 radical (unpaired) electrons. The van der Waals surface area contributed by atoms with Gasteiger partial charge < -0.3 is 24.3 Å². The molecule has 0 atom stereocenters. The molecule has 0 aliphatic heterocycles. The quantitative estimate of drug-likeness (QED) is 0.584. The highest BCUT2D eigenvalue weighted by Crippen LogP contribution is 2.17. The second-order valence-electron chi connectivity index (χ2n) is 3.01. The first-order valence-corrected chi connectivity index (χ1v) is 6.21. The van der Waals surface area contributed by atoms with Gasteiger partial charge in [0.15, 0.2) is 0 Å². The van der Waals surface area contributed by atoms with E-state index in [4.69, 9.17) is 19.0 Å². The van der Waals surface area contributed by atoms with Gasteiger partial charge >= 0.3 is 9.53 Å². The van der Waals surface area contributed by atoms with Crippen molar-refractivity contribution in [3.63, 3.8) is 0 Å². The van der Waals surface area contributed by atoms with E-state index in [-0.39, 0.29) is 0 Å². The van der Waals surface area contributed by atoms with Crippen molar-refractivity contribution in [3.8, 4) is 0 Å². The standard InChI is InChI=1S/C5H12N2.C3H10O3Si/c6-3-4-7-5-1-2-5;1-4-7(5-2)6-3/h5,7H,1-4,6H2;7H,1-3H3. The van der Waals surface area contributed by atoms with Crippen molar-refractivity contribution in [3.05, 3.63) is 0 Å². The van der Waals surface area contributed by atoms with Gasteiger partial charge in [0, 0.05) is 40.5 Å². The van der Waals surface area contributed by atoms with Crippen LogP contribution in [0.5, 0.6) is 0 Å². The number of hydrogen-bond donors (Lipinski definition) is 2. The first kappa shape index (κ1) is 14.0. The van der Waals surface area contributed by atoms with Crippen LogP contribution in [0.1, 0.15) is 12.8 Å². The summed E-state index contributed by atoms with van der Waals surface area (Å²) in [7, 11) is 3.05. The lowest BCUT2D eigenvalue weighted by atomic mass is 10.6. The van der Waals surface area contributed by atoms with Crippen LogP contribution < -0.4 is 11.1 Å². The molecule has 0 unspecified atom stereocenters. The molecule has 1 fully saturated rings. The molecule has 6 heteroatoms. The summed E-state index contributed by atoms with van der Waals surface area (Å²) in [5.41, 5.74) is 5.24. The Morgan fingerprint density at radius 1 is 1.21 bits per heavy atom. The topological polar surface area (TPSA) is 65.7 Å². The van der Waals surface area contributed by atoms with Gasteiger partial charge in [0.1, 0.15) is 0 Å². The van der Waals surface area contributed by atoms with Crippen molar-refractivity contribution in [2.45, 2.75) is 18.9 Å². The Labute approximate surface area is 87.9 Å². The fraction of sp³-hybridized carbons (Fsp3) is 1.00. The van der Waals surface area contributed by atoms with Crippen molar-refractivity contribution in [1.29, 1.82) is 0 Å². The molecule has 3 N–H and O–H groups in total. The molecule has 1 saturated carbocycles. The van der Waals surface area contributed by atoms with E-state index in [2.05, 4.69) is 5.32 Å². The summed E-state index contributed by atoms with van der Waals surface area (Å²) in [6.45, 7) is 1.77. The number of nitrogens with two attached hydrogens (primary N) is 1. The average Bonchev–Trinajstić information content (AvgIpc) is 3.02. The van der Waals surface area contributed by atoms with Crippen LogP contribution in [0.15, 0.2) is 0 Å². The van der Waals surface area contributed by atoms with Gasteiger partial charge in [-0.15, -0.1) is 0 Å². The van der Waals surface area contributed by atoms with Crippen LogP contribution in [0.3, 0.4) is 0 Å². The predicted molar refractivity (Wildman–Crippen MR) is 58.3 cm³/mol. The fourth-order valence-electron chi connectivity index (χ4n) is 0.864. The monoisotopic (exact) mass is 222 g/mol. The van der Waals surface area contributed by atoms with E-state index in [9.17, 15) is 0 Å². The summed E-state index contributed by atoms with van der Waals surface area (Å²) < 4.78 is 14.2. The van der Waals surface area contributed by atoms with E-state index in [1.807, 2.05) is 0 Å². The molecular formula is C8H22N2O3Si. The maximum Gasteiger partial charge on any atom is 0.483 e. The first-order chi connectivity index (χ1) is 6.78. The van der Waals surface area contributed by atoms with Crippen molar-refractivity contribution in [1.82, 2.24) is 5.32 Å². The minimum absolute atomic E-state index is 0.774. The van der Waals surface area contributed by atoms with E-state index in [1.165, 1.54) is 12.8 Å². The molecule has 0 aromatic carbocycles. The minimum atomic E-state index is -1.67. The van der Waals surface area contributed by atoms with Crippen molar-refractivity contribution >= 4 is 9.53 Å². The highest BCUT2D eigenvalue weighted by Gasteiger charge is 2.18. The summed E-state index contributed by atoms with van der Waals surface area (Å²) in [6.07, 6.45) is 2.72. The molecule has 14 heavy (non-hydrogen) atoms. The van der Waals surface area contributed by atoms with Crippen molar-refractivity contribution in [2.24, 2.45) is 5.73 Å². The second kappa shape index (κ2) is 9.57. The third-order valence-electron chi connectivity index (χ3n) is 1.73. The maximum absolute atomic E-state index is 5.24. The number of rotatable bonds is 6. The summed E-state index contributed by atoms with van der Waals surface area (Å²) >= 11 is 0. The molecule has 0 heterocycles. The van der Waals surface area contributed by atoms with Crippen LogP contribution in [-0.4, -0.2) is 50.0 Å². The molecule has 1 aliphatic rings. The molecule has 0 amide bonds. The highest BCUT2D eigenvalue weighted by atomic mass is 28.3. The Morgan fingerprint density at radius 3 is 1.93 bits per heavy atom. The van der Waals surface area contributed by atoms with Gasteiger partial charge in [0.2, 0.25) is 0 Å². The molecule has 86 valence electrons. The minimum Gasteiger partial charge on any atom is -0.379 e. The van der Waals surface area contributed by atoms with Crippen LogP contribution in [0.4, 0.5) is 0 Å². The Morgan fingerprint density at radius 2 is 1.71 bits per heavy atom. The van der Waals surface area contributed by atoms with E-state index in [0.29, 0.717) is 0 Å². The van der Waals surface area contributed by atoms with Gasteiger partial charge in [0.25, 0.3) is 0 Å². The lowest BCUT2D eigenvalue weighted by Gasteiger charge is -2.05. The smallest absolute Gasteiger partial charge is 0.379 e. The first-order valence-electron chi connectivity index (χ1n) is 4.80. The molecule has 5 nitrogen and oxygen atoms in total. The molecule has 0 spiro atoms. The molecule has 0 aromatic heterocycles. The van der Waals surface area contributed by atoms with Crippen LogP contribution in [-0.2, 0) is 13.3 Å². The van der Waals surface area contributed by atoms with E-state index in [1.54, 1.807) is 21.3 Å². The van der Waals surface area contributed by atoms with Gasteiger partial charge in [-0.05, 0) is 12.8 Å². The Balaban J connectivity index is 0.000000241. The zero-order valence-corrected chi connectivity index (χ0v) is 10.4. The molecule has 1 rings (SSSR count). The fourth-order valence-corrected chi connectivity index (χ4v) is 1.44. The summed E-state index contributed by atoms with van der Waals surface area (Å²) in [6, 6.07) is 0.823. The Kier molecular flexibility index (Phi) is 9.58. The normalized spacial score (nSPS) is 15.2. The van der Waals surface area contributed by atoms with Crippen LogP contribution in [0.25, 0.3) is 0 Å². The zero-order valence-electron chi connectivity index (χ0n) is 9.29. The second-order valence-corrected chi connectivity index (χ2v) is 5.00. The lowest BCUT2D eigenvalue weighted by molar-refractivity contribution is 0.163. The molecule has 0 saturated heterocycles. The van der Waals surface area contributed by atoms with E-state index in [0.717, 1.165) is 19.1 Å². The van der Waals surface area contributed by atoms with Crippen LogP contribution >= 0.6 is 0 Å². The van der Waals surface area contributed by atoms with E-state index < -0.39 is 9.53 Å². The molecular weight excluding hydrogens is 200 g/mol. The van der Waals surface area contributed by atoms with Gasteiger partial charge in [-0.3, -0.25) is 0 Å². The lowest BCUT2D eigenvalue weighted by Crippen LogP contribution is -2.23. The summed E-state index contributed by atoms with van der Waals surface area (Å²) in [5, 5.41) is 3.28. The van der Waals surface area contributed by atoms with E-state index >= 15 is 0 Å². The van der Waals surface area contributed by atoms with Crippen LogP contribution in [0.2, 0.25) is 0 Å². The third-order valence-corrected chi connectivity index (χ3v) is 2.89.